The Kier molecular flexibility index (Phi) is 3.02. The third-order valence-electron chi connectivity index (χ3n) is 2.62. The van der Waals surface area contributed by atoms with Crippen molar-refractivity contribution in [3.05, 3.63) is 15.6 Å². The van der Waals surface area contributed by atoms with Gasteiger partial charge in [-0.2, -0.15) is 0 Å². The molecular formula is C10H14N2O2S. The lowest BCUT2D eigenvalue weighted by atomic mass is 10.1. The molecule has 0 saturated carbocycles. The van der Waals surface area contributed by atoms with Crippen LogP contribution in [0.5, 0.6) is 0 Å². The van der Waals surface area contributed by atoms with E-state index in [0.29, 0.717) is 0 Å². The summed E-state index contributed by atoms with van der Waals surface area (Å²) < 4.78 is 0. The van der Waals surface area contributed by atoms with Crippen LogP contribution in [-0.4, -0.2) is 22.6 Å². The van der Waals surface area contributed by atoms with E-state index in [9.17, 15) is 4.79 Å². The Morgan fingerprint density at radius 3 is 2.93 bits per heavy atom. The number of rotatable bonds is 2. The van der Waals surface area contributed by atoms with Gasteiger partial charge < -0.3 is 10.4 Å². The Morgan fingerprint density at radius 1 is 1.60 bits per heavy atom. The molecule has 15 heavy (non-hydrogen) atoms. The summed E-state index contributed by atoms with van der Waals surface area (Å²) in [5.41, 5.74) is 0.211. The van der Waals surface area contributed by atoms with Crippen LogP contribution in [0.1, 0.15) is 45.7 Å². The Hall–Kier alpha value is -0.940. The standard InChI is InChI=1S/C10H14N2O2S/c1-6-8(10(13)14)12-9(15-6)7-4-2-3-5-11-7/h7,11H,2-5H2,1H3,(H,13,14). The number of thiazole rings is 1. The maximum absolute atomic E-state index is 10.8. The van der Waals surface area contributed by atoms with E-state index in [-0.39, 0.29) is 11.7 Å². The second-order valence-corrected chi connectivity index (χ2v) is 5.00. The first-order valence-corrected chi connectivity index (χ1v) is 5.94. The van der Waals surface area contributed by atoms with E-state index in [2.05, 4.69) is 10.3 Å². The molecule has 0 bridgehead atoms. The van der Waals surface area contributed by atoms with E-state index >= 15 is 0 Å². The second kappa shape index (κ2) is 4.28. The van der Waals surface area contributed by atoms with Gasteiger partial charge in [0.25, 0.3) is 0 Å². The number of hydrogen-bond donors (Lipinski definition) is 2. The normalized spacial score (nSPS) is 21.5. The van der Waals surface area contributed by atoms with Crippen molar-refractivity contribution in [1.29, 1.82) is 0 Å². The number of hydrogen-bond acceptors (Lipinski definition) is 4. The molecule has 0 spiro atoms. The van der Waals surface area contributed by atoms with Crippen molar-refractivity contribution in [2.75, 3.05) is 6.54 Å². The topological polar surface area (TPSA) is 62.2 Å². The molecule has 1 atom stereocenters. The number of carboxylic acids is 1. The van der Waals surface area contributed by atoms with E-state index in [1.54, 1.807) is 0 Å². The number of piperidine rings is 1. The van der Waals surface area contributed by atoms with Gasteiger partial charge in [0.05, 0.1) is 6.04 Å². The lowest BCUT2D eigenvalue weighted by Gasteiger charge is -2.21. The quantitative estimate of drug-likeness (QED) is 0.809. The molecule has 2 N–H and O–H groups in total. The molecule has 4 nitrogen and oxygen atoms in total. The second-order valence-electron chi connectivity index (χ2n) is 3.76. The summed E-state index contributed by atoms with van der Waals surface area (Å²) >= 11 is 1.49. The van der Waals surface area contributed by atoms with Gasteiger partial charge in [0.2, 0.25) is 0 Å². The van der Waals surface area contributed by atoms with Crippen molar-refractivity contribution in [2.24, 2.45) is 0 Å². The van der Waals surface area contributed by atoms with Crippen LogP contribution in [-0.2, 0) is 0 Å². The van der Waals surface area contributed by atoms with Crippen molar-refractivity contribution in [3.63, 3.8) is 0 Å². The van der Waals surface area contributed by atoms with Crippen LogP contribution in [0.15, 0.2) is 0 Å². The Labute approximate surface area is 92.3 Å². The molecule has 1 fully saturated rings. The van der Waals surface area contributed by atoms with Gasteiger partial charge in [-0.1, -0.05) is 6.42 Å². The molecule has 1 unspecified atom stereocenters. The fourth-order valence-corrected chi connectivity index (χ4v) is 2.85. The highest BCUT2D eigenvalue weighted by Gasteiger charge is 2.21. The molecule has 1 aliphatic rings. The van der Waals surface area contributed by atoms with Crippen LogP contribution >= 0.6 is 11.3 Å². The van der Waals surface area contributed by atoms with Crippen molar-refractivity contribution < 1.29 is 9.90 Å². The molecule has 5 heteroatoms. The summed E-state index contributed by atoms with van der Waals surface area (Å²) in [6, 6.07) is 0.260. The van der Waals surface area contributed by atoms with Crippen LogP contribution in [0.25, 0.3) is 0 Å². The predicted molar refractivity (Wildman–Crippen MR) is 58.4 cm³/mol. The molecular weight excluding hydrogens is 212 g/mol. The molecule has 1 aliphatic heterocycles. The molecule has 0 amide bonds. The largest absolute Gasteiger partial charge is 0.476 e. The smallest absolute Gasteiger partial charge is 0.355 e. The van der Waals surface area contributed by atoms with Crippen molar-refractivity contribution in [1.82, 2.24) is 10.3 Å². The van der Waals surface area contributed by atoms with Gasteiger partial charge in [0, 0.05) is 4.88 Å². The third-order valence-corrected chi connectivity index (χ3v) is 3.71. The highest BCUT2D eigenvalue weighted by atomic mass is 32.1. The first-order valence-electron chi connectivity index (χ1n) is 5.12. The molecule has 0 radical (unpaired) electrons. The van der Waals surface area contributed by atoms with Crippen molar-refractivity contribution in [3.8, 4) is 0 Å². The fraction of sp³-hybridized carbons (Fsp3) is 0.600. The third kappa shape index (κ3) is 2.18. The minimum atomic E-state index is -0.925. The van der Waals surface area contributed by atoms with Gasteiger partial charge in [0.1, 0.15) is 5.01 Å². The molecule has 0 aliphatic carbocycles. The number of aromatic nitrogens is 1. The van der Waals surface area contributed by atoms with Crippen LogP contribution in [0.3, 0.4) is 0 Å². The van der Waals surface area contributed by atoms with E-state index in [1.807, 2.05) is 6.92 Å². The summed E-state index contributed by atoms with van der Waals surface area (Å²) in [7, 11) is 0. The molecule has 0 aromatic carbocycles. The fourth-order valence-electron chi connectivity index (χ4n) is 1.83. The maximum Gasteiger partial charge on any atom is 0.355 e. The molecule has 2 rings (SSSR count). The van der Waals surface area contributed by atoms with E-state index < -0.39 is 5.97 Å². The minimum Gasteiger partial charge on any atom is -0.476 e. The van der Waals surface area contributed by atoms with Crippen molar-refractivity contribution in [2.45, 2.75) is 32.2 Å². The van der Waals surface area contributed by atoms with Gasteiger partial charge in [-0.3, -0.25) is 0 Å². The summed E-state index contributed by atoms with van der Waals surface area (Å²) in [5.74, 6) is -0.925. The number of aryl methyl sites for hydroxylation is 1. The van der Waals surface area contributed by atoms with E-state index in [0.717, 1.165) is 22.9 Å². The lowest BCUT2D eigenvalue weighted by molar-refractivity contribution is 0.0690. The summed E-state index contributed by atoms with van der Waals surface area (Å²) in [5, 5.41) is 13.2. The van der Waals surface area contributed by atoms with Crippen LogP contribution < -0.4 is 5.32 Å². The van der Waals surface area contributed by atoms with E-state index in [1.165, 1.54) is 24.2 Å². The first kappa shape index (κ1) is 10.6. The van der Waals surface area contributed by atoms with Crippen LogP contribution in [0.4, 0.5) is 0 Å². The maximum atomic E-state index is 10.8. The van der Waals surface area contributed by atoms with Gasteiger partial charge in [0.15, 0.2) is 5.69 Å². The van der Waals surface area contributed by atoms with Gasteiger partial charge >= 0.3 is 5.97 Å². The zero-order valence-electron chi connectivity index (χ0n) is 8.62. The molecule has 1 aromatic rings. The lowest BCUT2D eigenvalue weighted by Crippen LogP contribution is -2.26. The number of nitrogens with one attached hydrogen (secondary N) is 1. The highest BCUT2D eigenvalue weighted by Crippen LogP contribution is 2.28. The number of carboxylic acid groups (broad SMARTS) is 1. The average molecular weight is 226 g/mol. The zero-order valence-corrected chi connectivity index (χ0v) is 9.43. The minimum absolute atomic E-state index is 0.211. The average Bonchev–Trinajstić information content (AvgIpc) is 2.62. The number of aromatic carboxylic acids is 1. The first-order chi connectivity index (χ1) is 7.18. The van der Waals surface area contributed by atoms with E-state index in [4.69, 9.17) is 5.11 Å². The summed E-state index contributed by atoms with van der Waals surface area (Å²) in [6.07, 6.45) is 3.46. The highest BCUT2D eigenvalue weighted by molar-refractivity contribution is 7.11. The molecule has 82 valence electrons. The van der Waals surface area contributed by atoms with Gasteiger partial charge in [-0.05, 0) is 26.3 Å². The van der Waals surface area contributed by atoms with Crippen molar-refractivity contribution >= 4 is 17.3 Å². The molecule has 2 heterocycles. The number of carbonyl (C=O) groups is 1. The SMILES string of the molecule is Cc1sc(C2CCCCN2)nc1C(=O)O. The Bertz CT molecular complexity index is 369. The van der Waals surface area contributed by atoms with Gasteiger partial charge in [-0.25, -0.2) is 9.78 Å². The van der Waals surface area contributed by atoms with Crippen LogP contribution in [0.2, 0.25) is 0 Å². The molecule has 1 saturated heterocycles. The Morgan fingerprint density at radius 2 is 2.40 bits per heavy atom. The monoisotopic (exact) mass is 226 g/mol. The van der Waals surface area contributed by atoms with Gasteiger partial charge in [-0.15, -0.1) is 11.3 Å². The predicted octanol–water partition coefficient (Wildman–Crippen LogP) is 1.96. The summed E-state index contributed by atoms with van der Waals surface area (Å²) in [4.78, 5) is 15.8. The van der Waals surface area contributed by atoms with Crippen LogP contribution in [0, 0.1) is 6.92 Å². The molecule has 1 aromatic heterocycles. The number of nitrogens with zero attached hydrogens (tertiary/aromatic N) is 1. The Balaban J connectivity index is 2.21. The zero-order chi connectivity index (χ0) is 10.8. The summed E-state index contributed by atoms with van der Waals surface area (Å²) in [6.45, 7) is 2.82.